The van der Waals surface area contributed by atoms with Gasteiger partial charge < -0.3 is 33.2 Å². The summed E-state index contributed by atoms with van der Waals surface area (Å²) in [6, 6.07) is 24.6. The molecule has 10 nitrogen and oxygen atoms in total. The number of piperazine rings is 1. The van der Waals surface area contributed by atoms with E-state index in [1.807, 2.05) is 26.0 Å². The third-order valence-corrected chi connectivity index (χ3v) is 17.5. The summed E-state index contributed by atoms with van der Waals surface area (Å²) in [5, 5.41) is 25.4. The number of aryl methyl sites for hydroxylation is 1. The highest BCUT2D eigenvalue weighted by Crippen LogP contribution is 2.58. The normalized spacial score (nSPS) is 23.0. The maximum absolute atomic E-state index is 12.1. The molecule has 11 heteroatoms. The van der Waals surface area contributed by atoms with Gasteiger partial charge in [-0.1, -0.05) is 87.5 Å². The monoisotopic (exact) mass is 761 g/mol. The number of hydrogen-bond acceptors (Lipinski definition) is 10. The molecule has 0 radical (unpaired) electrons. The van der Waals surface area contributed by atoms with E-state index in [1.165, 1.54) is 10.4 Å². The van der Waals surface area contributed by atoms with Crippen molar-refractivity contribution in [3.8, 4) is 34.8 Å². The van der Waals surface area contributed by atoms with E-state index < -0.39 is 20.4 Å². The Balaban J connectivity index is 1.36. The Bertz CT molecular complexity index is 2090. The van der Waals surface area contributed by atoms with Crippen LogP contribution in [0.25, 0.3) is 0 Å². The van der Waals surface area contributed by atoms with Gasteiger partial charge in [-0.15, -0.1) is 0 Å². The minimum atomic E-state index is -3.04. The highest BCUT2D eigenvalue weighted by Gasteiger charge is 2.58. The van der Waals surface area contributed by atoms with Crippen LogP contribution in [0.3, 0.4) is 0 Å². The van der Waals surface area contributed by atoms with Crippen LogP contribution >= 0.6 is 0 Å². The Morgan fingerprint density at radius 1 is 0.909 bits per heavy atom. The van der Waals surface area contributed by atoms with Gasteiger partial charge in [-0.25, -0.2) is 0 Å². The molecule has 0 aromatic heterocycles. The van der Waals surface area contributed by atoms with Gasteiger partial charge in [0.2, 0.25) is 6.79 Å². The zero-order valence-corrected chi connectivity index (χ0v) is 34.0. The Morgan fingerprint density at radius 3 is 2.16 bits per heavy atom. The first-order chi connectivity index (χ1) is 26.5. The van der Waals surface area contributed by atoms with Crippen molar-refractivity contribution in [3.05, 3.63) is 100 Å². The van der Waals surface area contributed by atoms with Crippen molar-refractivity contribution in [3.63, 3.8) is 0 Å². The van der Waals surface area contributed by atoms with E-state index in [0.717, 1.165) is 27.8 Å². The molecule has 55 heavy (non-hydrogen) atoms. The van der Waals surface area contributed by atoms with E-state index in [1.54, 1.807) is 14.2 Å². The number of hydrogen-bond donors (Lipinski definition) is 1. The molecule has 4 aromatic carbocycles. The average Bonchev–Trinajstić information content (AvgIpc) is 3.67. The molecule has 0 amide bonds. The smallest absolute Gasteiger partial charge is 0.261 e. The van der Waals surface area contributed by atoms with E-state index in [9.17, 15) is 10.4 Å². The summed E-state index contributed by atoms with van der Waals surface area (Å²) in [5.41, 5.74) is 5.41. The lowest BCUT2D eigenvalue weighted by molar-refractivity contribution is -0.0819. The second-order valence-corrected chi connectivity index (χ2v) is 20.6. The lowest BCUT2D eigenvalue weighted by Crippen LogP contribution is -2.70. The van der Waals surface area contributed by atoms with Crippen LogP contribution in [0.15, 0.2) is 66.7 Å². The van der Waals surface area contributed by atoms with Crippen molar-refractivity contribution >= 4 is 18.7 Å². The molecule has 1 unspecified atom stereocenters. The van der Waals surface area contributed by atoms with Crippen LogP contribution in [0.1, 0.15) is 66.2 Å². The predicted octanol–water partition coefficient (Wildman–Crippen LogP) is 6.08. The molecule has 1 fully saturated rings. The molecule has 0 aliphatic carbocycles. The fourth-order valence-corrected chi connectivity index (χ4v) is 14.8. The molecule has 1 saturated heterocycles. The first-order valence-corrected chi connectivity index (χ1v) is 21.0. The minimum Gasteiger partial charge on any atom is -0.507 e. The minimum absolute atomic E-state index is 0.0557. The molecule has 0 saturated carbocycles. The van der Waals surface area contributed by atoms with Crippen molar-refractivity contribution < 1.29 is 33.2 Å². The van der Waals surface area contributed by atoms with Crippen molar-refractivity contribution in [1.82, 2.24) is 9.80 Å². The number of nitriles is 1. The van der Waals surface area contributed by atoms with Crippen LogP contribution in [0.5, 0.6) is 28.7 Å². The number of rotatable bonds is 9. The molecular weight excluding hydrogens is 711 g/mol. The third-order valence-electron chi connectivity index (χ3n) is 12.5. The molecule has 5 atom stereocenters. The first kappa shape index (κ1) is 37.4. The number of methoxy groups -OCH3 is 2. The van der Waals surface area contributed by atoms with Crippen LogP contribution in [0, 0.1) is 25.2 Å². The van der Waals surface area contributed by atoms with Gasteiger partial charge in [0.25, 0.3) is 8.32 Å². The zero-order chi connectivity index (χ0) is 38.8. The maximum atomic E-state index is 12.1. The van der Waals surface area contributed by atoms with Crippen LogP contribution in [-0.2, 0) is 22.0 Å². The summed E-state index contributed by atoms with van der Waals surface area (Å²) in [6.45, 7) is 11.1. The van der Waals surface area contributed by atoms with E-state index in [2.05, 4.69) is 98.3 Å². The molecular formula is C44H51N3O7Si. The molecule has 4 aliphatic rings. The average molecular weight is 762 g/mol. The topological polar surface area (TPSA) is 106 Å². The largest absolute Gasteiger partial charge is 0.507 e. The maximum Gasteiger partial charge on any atom is 0.261 e. The van der Waals surface area contributed by atoms with Crippen LogP contribution in [0.4, 0.5) is 0 Å². The molecule has 4 aliphatic heterocycles. The summed E-state index contributed by atoms with van der Waals surface area (Å²) >= 11 is 0. The SMILES string of the molecule is COCOc1c(OC)c(C)cc2c1C1[C@@H]3Cc4c(O)c(C)c5c(c4[C@H](CO[Si](c4ccccc4)(c4ccccc4)C(C)(C)C)N3[C@@H](C#N)[C@H](C2)N1C)OCO5. The van der Waals surface area contributed by atoms with Gasteiger partial charge >= 0.3 is 0 Å². The Hall–Kier alpha value is -4.57. The van der Waals surface area contributed by atoms with Crippen molar-refractivity contribution in [2.75, 3.05) is 41.5 Å². The van der Waals surface area contributed by atoms with Gasteiger partial charge in [-0.05, 0) is 60.3 Å². The molecule has 8 rings (SSSR count). The summed E-state index contributed by atoms with van der Waals surface area (Å²) in [7, 11) is 2.35. The fourth-order valence-electron chi connectivity index (χ4n) is 10.2. The van der Waals surface area contributed by atoms with E-state index in [-0.39, 0.29) is 49.1 Å². The summed E-state index contributed by atoms with van der Waals surface area (Å²) in [6.07, 6.45) is 1.11. The number of nitrogens with zero attached hydrogens (tertiary/aromatic N) is 3. The molecule has 4 heterocycles. The van der Waals surface area contributed by atoms with E-state index in [0.29, 0.717) is 41.4 Å². The van der Waals surface area contributed by atoms with Crippen molar-refractivity contribution in [2.45, 2.75) is 82.7 Å². The summed E-state index contributed by atoms with van der Waals surface area (Å²) in [4.78, 5) is 4.72. The number of aromatic hydroxyl groups is 1. The van der Waals surface area contributed by atoms with E-state index >= 15 is 0 Å². The lowest BCUT2D eigenvalue weighted by atomic mass is 9.71. The number of phenolic OH excluding ortho intramolecular Hbond substituents is 1. The van der Waals surface area contributed by atoms with Gasteiger partial charge in [0.1, 0.15) is 11.8 Å². The van der Waals surface area contributed by atoms with Gasteiger partial charge in [-0.2, -0.15) is 5.26 Å². The zero-order valence-electron chi connectivity index (χ0n) is 33.0. The molecule has 4 aromatic rings. The van der Waals surface area contributed by atoms with Gasteiger partial charge in [0, 0.05) is 41.4 Å². The Kier molecular flexibility index (Phi) is 9.63. The van der Waals surface area contributed by atoms with Gasteiger partial charge in [-0.3, -0.25) is 9.80 Å². The number of ether oxygens (including phenoxy) is 5. The molecule has 2 bridgehead atoms. The van der Waals surface area contributed by atoms with E-state index in [4.69, 9.17) is 28.1 Å². The number of likely N-dealkylation sites (N-methyl/N-ethyl adjacent to an activating group) is 1. The Labute approximate surface area is 325 Å². The molecule has 288 valence electrons. The van der Waals surface area contributed by atoms with Crippen LogP contribution in [0.2, 0.25) is 5.04 Å². The van der Waals surface area contributed by atoms with Crippen LogP contribution in [-0.4, -0.2) is 82.8 Å². The number of fused-ring (bicyclic) bond motifs is 9. The fraction of sp³-hybridized carbons (Fsp3) is 0.432. The summed E-state index contributed by atoms with van der Waals surface area (Å²) in [5.74, 6) is 2.70. The number of phenols is 1. The lowest BCUT2D eigenvalue weighted by Gasteiger charge is -2.60. The third kappa shape index (κ3) is 5.64. The van der Waals surface area contributed by atoms with Gasteiger partial charge in [0.15, 0.2) is 29.8 Å². The second-order valence-electron chi connectivity index (χ2n) is 16.3. The highest BCUT2D eigenvalue weighted by molar-refractivity contribution is 6.99. The van der Waals surface area contributed by atoms with Gasteiger partial charge in [0.05, 0.1) is 31.9 Å². The van der Waals surface area contributed by atoms with Crippen LogP contribution < -0.4 is 29.3 Å². The highest BCUT2D eigenvalue weighted by atomic mass is 28.4. The Morgan fingerprint density at radius 2 is 1.56 bits per heavy atom. The first-order valence-electron chi connectivity index (χ1n) is 19.1. The van der Waals surface area contributed by atoms with Crippen molar-refractivity contribution in [2.24, 2.45) is 0 Å². The standard InChI is InChI=1S/C44H51N3O7Si/c1-26-19-28-20-32-34(22-45)47-33(38(46(32)6)36(28)42(40(26)50-8)51-24-49-7)21-31-37(43-41(52-25-53-43)27(2)39(31)48)35(47)23-54-55(44(3,4)5,29-15-11-9-12-16-29)30-17-13-10-14-18-30/h9-19,32-35,38,48H,20-21,23-25H2,1-8H3/t32-,33-,34-,35-,38?/m0/s1. The van der Waals surface area contributed by atoms with Crippen molar-refractivity contribution in [1.29, 1.82) is 5.26 Å². The molecule has 0 spiro atoms. The predicted molar refractivity (Wildman–Crippen MR) is 212 cm³/mol. The number of benzene rings is 4. The molecule has 1 N–H and O–H groups in total. The second kappa shape index (κ2) is 14.2. The summed E-state index contributed by atoms with van der Waals surface area (Å²) < 4.78 is 37.9. The quantitative estimate of drug-likeness (QED) is 0.160.